The lowest BCUT2D eigenvalue weighted by atomic mass is 10.1. The Bertz CT molecular complexity index is 752. The Hall–Kier alpha value is -3.15. The van der Waals surface area contributed by atoms with E-state index in [0.29, 0.717) is 23.4 Å². The van der Waals surface area contributed by atoms with Crippen LogP contribution in [0.3, 0.4) is 0 Å². The van der Waals surface area contributed by atoms with E-state index in [9.17, 15) is 14.4 Å². The smallest absolute Gasteiger partial charge is 0.337 e. The third-order valence-corrected chi connectivity index (χ3v) is 3.56. The summed E-state index contributed by atoms with van der Waals surface area (Å²) < 4.78 is 4.62. The summed E-state index contributed by atoms with van der Waals surface area (Å²) in [6.45, 7) is 1.98. The molecule has 0 radical (unpaired) electrons. The first-order valence-electron chi connectivity index (χ1n) is 7.82. The largest absolute Gasteiger partial charge is 0.465 e. The Balaban J connectivity index is 1.78. The number of hydrogen-bond acceptors (Lipinski definition) is 5. The average Bonchev–Trinajstić information content (AvgIpc) is 2.62. The van der Waals surface area contributed by atoms with Crippen LogP contribution in [0.1, 0.15) is 34.1 Å². The Morgan fingerprint density at radius 1 is 0.880 bits per heavy atom. The molecule has 2 rings (SSSR count). The van der Waals surface area contributed by atoms with Crippen LogP contribution in [0.25, 0.3) is 0 Å². The number of hydrogen-bond donors (Lipinski definition) is 2. The predicted molar refractivity (Wildman–Crippen MR) is 96.0 cm³/mol. The first-order chi connectivity index (χ1) is 12.0. The van der Waals surface area contributed by atoms with Gasteiger partial charge in [0.15, 0.2) is 5.78 Å². The highest BCUT2D eigenvalue weighted by Gasteiger charge is 2.06. The Labute approximate surface area is 146 Å². The van der Waals surface area contributed by atoms with Crippen molar-refractivity contribution in [3.8, 4) is 0 Å². The van der Waals surface area contributed by atoms with Crippen molar-refractivity contribution >= 4 is 29.0 Å². The molecule has 25 heavy (non-hydrogen) atoms. The van der Waals surface area contributed by atoms with Crippen LogP contribution >= 0.6 is 0 Å². The lowest BCUT2D eigenvalue weighted by Crippen LogP contribution is -2.16. The molecule has 0 bridgehead atoms. The molecule has 2 N–H and O–H groups in total. The summed E-state index contributed by atoms with van der Waals surface area (Å²) >= 11 is 0. The number of esters is 1. The van der Waals surface area contributed by atoms with Crippen LogP contribution in [0, 0.1) is 0 Å². The highest BCUT2D eigenvalue weighted by Crippen LogP contribution is 2.12. The van der Waals surface area contributed by atoms with Gasteiger partial charge in [0.25, 0.3) is 0 Å². The van der Waals surface area contributed by atoms with Gasteiger partial charge in [-0.3, -0.25) is 9.59 Å². The fraction of sp³-hybridized carbons (Fsp3) is 0.211. The van der Waals surface area contributed by atoms with E-state index in [2.05, 4.69) is 15.4 Å². The summed E-state index contributed by atoms with van der Waals surface area (Å²) in [6.07, 6.45) is 0.285. The maximum absolute atomic E-state index is 11.9. The van der Waals surface area contributed by atoms with Crippen molar-refractivity contribution < 1.29 is 19.1 Å². The van der Waals surface area contributed by atoms with Crippen molar-refractivity contribution in [2.75, 3.05) is 24.3 Å². The van der Waals surface area contributed by atoms with Gasteiger partial charge in [-0.25, -0.2) is 4.79 Å². The lowest BCUT2D eigenvalue weighted by Gasteiger charge is -2.08. The van der Waals surface area contributed by atoms with Gasteiger partial charge in [-0.2, -0.15) is 0 Å². The number of carbonyl (C=O) groups excluding carboxylic acids is 3. The summed E-state index contributed by atoms with van der Waals surface area (Å²) in [7, 11) is 1.32. The van der Waals surface area contributed by atoms with Crippen LogP contribution in [0.2, 0.25) is 0 Å². The Morgan fingerprint density at radius 3 is 2.00 bits per heavy atom. The minimum atomic E-state index is -0.419. The van der Waals surface area contributed by atoms with Gasteiger partial charge in [0.2, 0.25) is 5.91 Å². The van der Waals surface area contributed by atoms with Gasteiger partial charge < -0.3 is 15.4 Å². The number of rotatable bonds is 7. The van der Waals surface area contributed by atoms with Crippen molar-refractivity contribution in [3.63, 3.8) is 0 Å². The first-order valence-corrected chi connectivity index (χ1v) is 7.82. The van der Waals surface area contributed by atoms with Gasteiger partial charge in [-0.05, 0) is 55.5 Å². The number of Topliss-reactive ketones (excluding diaryl/α,β-unsaturated/α-hetero) is 1. The number of ether oxygens (including phenoxy) is 1. The number of carbonyl (C=O) groups is 3. The third kappa shape index (κ3) is 5.46. The monoisotopic (exact) mass is 340 g/mol. The van der Waals surface area contributed by atoms with Gasteiger partial charge in [0.1, 0.15) is 0 Å². The number of ketones is 1. The zero-order valence-electron chi connectivity index (χ0n) is 14.2. The van der Waals surface area contributed by atoms with E-state index in [1.54, 1.807) is 48.5 Å². The number of anilines is 2. The summed E-state index contributed by atoms with van der Waals surface area (Å²) in [4.78, 5) is 34.5. The number of nitrogens with one attached hydrogen (secondary N) is 2. The Kier molecular flexibility index (Phi) is 6.28. The van der Waals surface area contributed by atoms with Crippen LogP contribution in [-0.2, 0) is 9.53 Å². The van der Waals surface area contributed by atoms with E-state index in [-0.39, 0.29) is 18.1 Å². The molecule has 2 aromatic carbocycles. The standard InChI is InChI=1S/C19H20N2O4/c1-13(22)14-3-7-16(8-4-14)20-12-11-18(23)21-17-9-5-15(6-10-17)19(24)25-2/h3-10,20H,11-12H2,1-2H3,(H,21,23). The van der Waals surface area contributed by atoms with Crippen LogP contribution in [-0.4, -0.2) is 31.3 Å². The summed E-state index contributed by atoms with van der Waals surface area (Å²) in [6, 6.07) is 13.6. The highest BCUT2D eigenvalue weighted by atomic mass is 16.5. The molecular formula is C19H20N2O4. The second kappa shape index (κ2) is 8.63. The molecule has 0 aliphatic rings. The number of amides is 1. The van der Waals surface area contributed by atoms with Crippen molar-refractivity contribution in [1.82, 2.24) is 0 Å². The molecule has 130 valence electrons. The maximum Gasteiger partial charge on any atom is 0.337 e. The molecule has 6 heteroatoms. The van der Waals surface area contributed by atoms with Crippen LogP contribution in [0.5, 0.6) is 0 Å². The maximum atomic E-state index is 11.9. The fourth-order valence-corrected chi connectivity index (χ4v) is 2.17. The SMILES string of the molecule is COC(=O)c1ccc(NC(=O)CCNc2ccc(C(C)=O)cc2)cc1. The van der Waals surface area contributed by atoms with Gasteiger partial charge in [-0.1, -0.05) is 0 Å². The first kappa shape index (κ1) is 18.2. The molecular weight excluding hydrogens is 320 g/mol. The van der Waals surface area contributed by atoms with Crippen LogP contribution in [0.4, 0.5) is 11.4 Å². The van der Waals surface area contributed by atoms with E-state index in [1.165, 1.54) is 14.0 Å². The van der Waals surface area contributed by atoms with Gasteiger partial charge in [0, 0.05) is 29.9 Å². The van der Waals surface area contributed by atoms with Crippen molar-refractivity contribution in [2.24, 2.45) is 0 Å². The molecule has 0 heterocycles. The molecule has 6 nitrogen and oxygen atoms in total. The van der Waals surface area contributed by atoms with Gasteiger partial charge in [-0.15, -0.1) is 0 Å². The lowest BCUT2D eigenvalue weighted by molar-refractivity contribution is -0.115. The normalized spacial score (nSPS) is 10.0. The molecule has 2 aromatic rings. The second-order valence-corrected chi connectivity index (χ2v) is 5.43. The third-order valence-electron chi connectivity index (χ3n) is 3.56. The molecule has 0 saturated carbocycles. The minimum absolute atomic E-state index is 0.0177. The Morgan fingerprint density at radius 2 is 1.44 bits per heavy atom. The number of benzene rings is 2. The fourth-order valence-electron chi connectivity index (χ4n) is 2.17. The topological polar surface area (TPSA) is 84.5 Å². The van der Waals surface area contributed by atoms with Crippen molar-refractivity contribution in [1.29, 1.82) is 0 Å². The summed E-state index contributed by atoms with van der Waals surface area (Å²) in [5.41, 5.74) is 2.54. The quantitative estimate of drug-likeness (QED) is 0.597. The highest BCUT2D eigenvalue weighted by molar-refractivity contribution is 5.94. The second-order valence-electron chi connectivity index (χ2n) is 5.43. The minimum Gasteiger partial charge on any atom is -0.465 e. The van der Waals surface area contributed by atoms with E-state index in [4.69, 9.17) is 0 Å². The molecule has 0 fully saturated rings. The van der Waals surface area contributed by atoms with E-state index < -0.39 is 5.97 Å². The van der Waals surface area contributed by atoms with Crippen molar-refractivity contribution in [2.45, 2.75) is 13.3 Å². The molecule has 0 atom stereocenters. The van der Waals surface area contributed by atoms with E-state index >= 15 is 0 Å². The van der Waals surface area contributed by atoms with E-state index in [1.807, 2.05) is 0 Å². The predicted octanol–water partition coefficient (Wildman–Crippen LogP) is 3.12. The molecule has 1 amide bonds. The molecule has 0 unspecified atom stereocenters. The molecule has 0 aliphatic heterocycles. The molecule has 0 spiro atoms. The summed E-state index contributed by atoms with van der Waals surface area (Å²) in [5.74, 6) is -0.541. The van der Waals surface area contributed by atoms with Crippen LogP contribution in [0.15, 0.2) is 48.5 Å². The number of methoxy groups -OCH3 is 1. The molecule has 0 aliphatic carbocycles. The zero-order chi connectivity index (χ0) is 18.2. The van der Waals surface area contributed by atoms with Gasteiger partial charge >= 0.3 is 5.97 Å². The van der Waals surface area contributed by atoms with Crippen LogP contribution < -0.4 is 10.6 Å². The van der Waals surface area contributed by atoms with Crippen molar-refractivity contribution in [3.05, 3.63) is 59.7 Å². The van der Waals surface area contributed by atoms with E-state index in [0.717, 1.165) is 5.69 Å². The molecule has 0 saturated heterocycles. The van der Waals surface area contributed by atoms with Gasteiger partial charge in [0.05, 0.1) is 12.7 Å². The molecule has 0 aromatic heterocycles. The zero-order valence-corrected chi connectivity index (χ0v) is 14.2. The summed E-state index contributed by atoms with van der Waals surface area (Å²) in [5, 5.41) is 5.89. The average molecular weight is 340 g/mol.